The van der Waals surface area contributed by atoms with Crippen molar-refractivity contribution in [2.45, 2.75) is 37.0 Å². The van der Waals surface area contributed by atoms with Crippen molar-refractivity contribution in [3.05, 3.63) is 47.8 Å². The largest absolute Gasteiger partial charge is 0.349 e. The van der Waals surface area contributed by atoms with E-state index in [4.69, 9.17) is 0 Å². The Kier molecular flexibility index (Phi) is 4.58. The first-order valence-electron chi connectivity index (χ1n) is 8.03. The van der Waals surface area contributed by atoms with E-state index < -0.39 is 9.84 Å². The van der Waals surface area contributed by atoms with Crippen LogP contribution in [0.2, 0.25) is 0 Å². The number of hydrogen-bond donors (Lipinski definition) is 1. The van der Waals surface area contributed by atoms with Gasteiger partial charge in [-0.2, -0.15) is 0 Å². The molecule has 24 heavy (non-hydrogen) atoms. The fourth-order valence-electron chi connectivity index (χ4n) is 3.36. The lowest BCUT2D eigenvalue weighted by Crippen LogP contribution is -2.40. The third-order valence-corrected chi connectivity index (χ3v) is 6.41. The van der Waals surface area contributed by atoms with E-state index in [1.54, 1.807) is 24.3 Å². The number of benzene rings is 2. The van der Waals surface area contributed by atoms with E-state index in [0.717, 1.165) is 0 Å². The van der Waals surface area contributed by atoms with Gasteiger partial charge in [-0.3, -0.25) is 4.79 Å². The van der Waals surface area contributed by atoms with E-state index in [2.05, 4.69) is 5.32 Å². The van der Waals surface area contributed by atoms with Gasteiger partial charge in [0.2, 0.25) is 0 Å². The summed E-state index contributed by atoms with van der Waals surface area (Å²) in [6, 6.07) is 9.65. The molecule has 0 bridgehead atoms. The number of carbonyl (C=O) groups excluding carboxylic acids is 1. The van der Waals surface area contributed by atoms with Crippen molar-refractivity contribution in [3.8, 4) is 0 Å². The Hall–Kier alpha value is -1.95. The van der Waals surface area contributed by atoms with Crippen molar-refractivity contribution in [2.24, 2.45) is 0 Å². The Morgan fingerprint density at radius 1 is 1.04 bits per heavy atom. The Morgan fingerprint density at radius 2 is 1.67 bits per heavy atom. The van der Waals surface area contributed by atoms with E-state index in [1.807, 2.05) is 0 Å². The number of halogens is 1. The lowest BCUT2D eigenvalue weighted by atomic mass is 9.94. The summed E-state index contributed by atoms with van der Waals surface area (Å²) in [4.78, 5) is 12.6. The molecule has 1 aliphatic carbocycles. The van der Waals surface area contributed by atoms with E-state index in [9.17, 15) is 17.6 Å². The highest BCUT2D eigenvalue weighted by Gasteiger charge is 2.28. The molecule has 3 rings (SSSR count). The summed E-state index contributed by atoms with van der Waals surface area (Å²) < 4.78 is 37.0. The molecular weight excluding hydrogens is 329 g/mol. The first-order valence-corrected chi connectivity index (χ1v) is 9.98. The maximum atomic E-state index is 13.9. The van der Waals surface area contributed by atoms with E-state index in [1.165, 1.54) is 18.4 Å². The molecule has 4 nitrogen and oxygen atoms in total. The SMILES string of the molecule is CS(=O)(=O)C1CCC(NC(=O)c2ccc(F)c3ccccc23)CC1. The highest BCUT2D eigenvalue weighted by Crippen LogP contribution is 2.25. The molecule has 2 aromatic carbocycles. The molecular formula is C18H20FNO3S. The Morgan fingerprint density at radius 3 is 2.29 bits per heavy atom. The molecule has 2 aromatic rings. The van der Waals surface area contributed by atoms with Crippen molar-refractivity contribution < 1.29 is 17.6 Å². The molecule has 0 atom stereocenters. The second kappa shape index (κ2) is 6.51. The zero-order chi connectivity index (χ0) is 17.3. The van der Waals surface area contributed by atoms with Crippen LogP contribution in [0.4, 0.5) is 4.39 Å². The number of nitrogens with one attached hydrogen (secondary N) is 1. The van der Waals surface area contributed by atoms with E-state index >= 15 is 0 Å². The Labute approximate surface area is 141 Å². The van der Waals surface area contributed by atoms with Crippen LogP contribution in [0.3, 0.4) is 0 Å². The summed E-state index contributed by atoms with van der Waals surface area (Å²) in [6.07, 6.45) is 3.67. The minimum absolute atomic E-state index is 0.0423. The standard InChI is InChI=1S/C18H20FNO3S/c1-24(22,23)13-8-6-12(7-9-13)20-18(21)16-10-11-17(19)15-5-3-2-4-14(15)16/h2-5,10-13H,6-9H2,1H3,(H,20,21). The van der Waals surface area contributed by atoms with Gasteiger partial charge in [0.15, 0.2) is 0 Å². The van der Waals surface area contributed by atoms with Gasteiger partial charge in [-0.25, -0.2) is 12.8 Å². The molecule has 1 saturated carbocycles. The van der Waals surface area contributed by atoms with E-state index in [0.29, 0.717) is 42.0 Å². The van der Waals surface area contributed by atoms with Crippen LogP contribution in [0.1, 0.15) is 36.0 Å². The minimum atomic E-state index is -3.02. The molecule has 128 valence electrons. The highest BCUT2D eigenvalue weighted by atomic mass is 32.2. The van der Waals surface area contributed by atoms with Crippen molar-refractivity contribution in [1.29, 1.82) is 0 Å². The minimum Gasteiger partial charge on any atom is -0.349 e. The molecule has 1 aliphatic rings. The summed E-state index contributed by atoms with van der Waals surface area (Å²) in [5.41, 5.74) is 0.442. The first kappa shape index (κ1) is 16.9. The van der Waals surface area contributed by atoms with Gasteiger partial charge >= 0.3 is 0 Å². The van der Waals surface area contributed by atoms with Crippen LogP contribution >= 0.6 is 0 Å². The van der Waals surface area contributed by atoms with Crippen LogP contribution in [0.15, 0.2) is 36.4 Å². The van der Waals surface area contributed by atoms with Crippen molar-refractivity contribution in [2.75, 3.05) is 6.26 Å². The third-order valence-electron chi connectivity index (χ3n) is 4.73. The summed E-state index contributed by atoms with van der Waals surface area (Å²) in [5.74, 6) is -0.593. The van der Waals surface area contributed by atoms with Crippen LogP contribution in [-0.4, -0.2) is 31.9 Å². The molecule has 1 fully saturated rings. The lowest BCUT2D eigenvalue weighted by molar-refractivity contribution is 0.0929. The third kappa shape index (κ3) is 3.43. The molecule has 1 N–H and O–H groups in total. The summed E-state index contributed by atoms with van der Waals surface area (Å²) in [7, 11) is -3.02. The van der Waals surface area contributed by atoms with Crippen LogP contribution in [-0.2, 0) is 9.84 Å². The molecule has 0 heterocycles. The zero-order valence-electron chi connectivity index (χ0n) is 13.5. The molecule has 0 saturated heterocycles. The molecule has 1 amide bonds. The lowest BCUT2D eigenvalue weighted by Gasteiger charge is -2.28. The number of sulfone groups is 1. The number of carbonyl (C=O) groups is 1. The maximum Gasteiger partial charge on any atom is 0.252 e. The van der Waals surface area contributed by atoms with Crippen molar-refractivity contribution >= 4 is 26.5 Å². The predicted molar refractivity (Wildman–Crippen MR) is 92.3 cm³/mol. The van der Waals surface area contributed by atoms with Crippen molar-refractivity contribution in [1.82, 2.24) is 5.32 Å². The zero-order valence-corrected chi connectivity index (χ0v) is 14.3. The summed E-state index contributed by atoms with van der Waals surface area (Å²) >= 11 is 0. The number of rotatable bonds is 3. The van der Waals surface area contributed by atoms with Gasteiger partial charge in [0.25, 0.3) is 5.91 Å². The molecule has 6 heteroatoms. The van der Waals surface area contributed by atoms with E-state index in [-0.39, 0.29) is 23.0 Å². The van der Waals surface area contributed by atoms with Gasteiger partial charge in [0, 0.05) is 23.2 Å². The fourth-order valence-corrected chi connectivity index (χ4v) is 4.49. The number of amides is 1. The molecule has 0 radical (unpaired) electrons. The Bertz CT molecular complexity index is 871. The van der Waals surface area contributed by atoms with Crippen LogP contribution < -0.4 is 5.32 Å². The fraction of sp³-hybridized carbons (Fsp3) is 0.389. The van der Waals surface area contributed by atoms with Gasteiger partial charge in [0.05, 0.1) is 5.25 Å². The van der Waals surface area contributed by atoms with Crippen LogP contribution in [0.25, 0.3) is 10.8 Å². The first-order chi connectivity index (χ1) is 11.4. The monoisotopic (exact) mass is 349 g/mol. The van der Waals surface area contributed by atoms with Gasteiger partial charge in [-0.05, 0) is 43.2 Å². The average Bonchev–Trinajstić information content (AvgIpc) is 2.55. The predicted octanol–water partition coefficient (Wildman–Crippen LogP) is 3.06. The highest BCUT2D eigenvalue weighted by molar-refractivity contribution is 7.91. The molecule has 0 aromatic heterocycles. The van der Waals surface area contributed by atoms with Gasteiger partial charge in [-0.15, -0.1) is 0 Å². The maximum absolute atomic E-state index is 13.9. The topological polar surface area (TPSA) is 63.2 Å². The van der Waals surface area contributed by atoms with Crippen molar-refractivity contribution in [3.63, 3.8) is 0 Å². The van der Waals surface area contributed by atoms with Gasteiger partial charge < -0.3 is 5.32 Å². The quantitative estimate of drug-likeness (QED) is 0.926. The summed E-state index contributed by atoms with van der Waals surface area (Å²) in [6.45, 7) is 0. The molecule has 0 unspecified atom stereocenters. The van der Waals surface area contributed by atoms with Gasteiger partial charge in [-0.1, -0.05) is 24.3 Å². The Balaban J connectivity index is 1.74. The molecule has 0 spiro atoms. The number of hydrogen-bond acceptors (Lipinski definition) is 3. The normalized spacial score (nSPS) is 21.6. The number of fused-ring (bicyclic) bond motifs is 1. The molecule has 0 aliphatic heterocycles. The van der Waals surface area contributed by atoms with Crippen LogP contribution in [0, 0.1) is 5.82 Å². The summed E-state index contributed by atoms with van der Waals surface area (Å²) in [5, 5.41) is 3.66. The smallest absolute Gasteiger partial charge is 0.252 e. The second-order valence-electron chi connectivity index (χ2n) is 6.42. The second-order valence-corrected chi connectivity index (χ2v) is 8.74. The average molecular weight is 349 g/mol. The van der Waals surface area contributed by atoms with Crippen LogP contribution in [0.5, 0.6) is 0 Å². The van der Waals surface area contributed by atoms with Gasteiger partial charge in [0.1, 0.15) is 15.7 Å².